The summed E-state index contributed by atoms with van der Waals surface area (Å²) in [5.41, 5.74) is 6.78. The van der Waals surface area contributed by atoms with Crippen LogP contribution in [0.15, 0.2) is 48.5 Å². The van der Waals surface area contributed by atoms with Crippen molar-refractivity contribution < 1.29 is 4.74 Å². The number of benzene rings is 2. The van der Waals surface area contributed by atoms with E-state index in [1.54, 1.807) is 0 Å². The maximum Gasteiger partial charge on any atom is 0.127 e. The molecule has 2 aromatic rings. The minimum absolute atomic E-state index is 0. The van der Waals surface area contributed by atoms with Crippen LogP contribution in [0.4, 0.5) is 11.4 Å². The van der Waals surface area contributed by atoms with Gasteiger partial charge in [-0.25, -0.2) is 0 Å². The molecule has 0 fully saturated rings. The van der Waals surface area contributed by atoms with Crippen LogP contribution in [0, 0.1) is 0 Å². The van der Waals surface area contributed by atoms with Crippen LogP contribution in [0.25, 0.3) is 0 Å². The van der Waals surface area contributed by atoms with E-state index in [-0.39, 0.29) is 24.8 Å². The number of halogens is 2. The molecule has 0 aromatic heterocycles. The molecule has 0 amide bonds. The quantitative estimate of drug-likeness (QED) is 0.515. The van der Waals surface area contributed by atoms with Crippen LogP contribution in [0.5, 0.6) is 11.5 Å². The summed E-state index contributed by atoms with van der Waals surface area (Å²) >= 11 is 0. The molecular formula is C12H16Cl2N4O. The van der Waals surface area contributed by atoms with E-state index in [1.165, 1.54) is 0 Å². The Balaban J connectivity index is 0.00000162. The molecule has 0 unspecified atom stereocenters. The molecule has 5 nitrogen and oxygen atoms in total. The van der Waals surface area contributed by atoms with Gasteiger partial charge in [-0.3, -0.25) is 11.7 Å². The first-order valence-corrected chi connectivity index (χ1v) is 5.13. The van der Waals surface area contributed by atoms with Crippen LogP contribution in [-0.4, -0.2) is 0 Å². The van der Waals surface area contributed by atoms with Gasteiger partial charge < -0.3 is 15.6 Å². The first kappa shape index (κ1) is 17.3. The number of anilines is 2. The Labute approximate surface area is 124 Å². The fourth-order valence-electron chi connectivity index (χ4n) is 1.37. The molecule has 7 heteroatoms. The third-order valence-electron chi connectivity index (χ3n) is 2.28. The number of hydrogen-bond donors (Lipinski definition) is 4. The highest BCUT2D eigenvalue weighted by Crippen LogP contribution is 2.23. The number of nitrogens with two attached hydrogens (primary N) is 2. The van der Waals surface area contributed by atoms with E-state index >= 15 is 0 Å². The Hall–Kier alpha value is -1.66. The average Bonchev–Trinajstić information content (AvgIpc) is 2.40. The second-order valence-electron chi connectivity index (χ2n) is 3.44. The molecule has 0 aliphatic carbocycles. The number of hydrazine groups is 2. The molecule has 0 radical (unpaired) electrons. The summed E-state index contributed by atoms with van der Waals surface area (Å²) in [4.78, 5) is 0. The Kier molecular flexibility index (Phi) is 7.71. The van der Waals surface area contributed by atoms with Crippen molar-refractivity contribution in [2.45, 2.75) is 0 Å². The highest BCUT2D eigenvalue weighted by atomic mass is 35.5. The highest BCUT2D eigenvalue weighted by molar-refractivity contribution is 5.85. The third kappa shape index (κ3) is 4.84. The molecule has 0 saturated carbocycles. The SMILES string of the molecule is Cl.Cl.NNc1ccc(Oc2ccc(NN)cc2)cc1. The molecule has 19 heavy (non-hydrogen) atoms. The van der Waals surface area contributed by atoms with Gasteiger partial charge in [-0.15, -0.1) is 24.8 Å². The molecule has 0 atom stereocenters. The van der Waals surface area contributed by atoms with Gasteiger partial charge in [-0.2, -0.15) is 0 Å². The fraction of sp³-hybridized carbons (Fsp3) is 0. The molecule has 0 heterocycles. The van der Waals surface area contributed by atoms with Crippen molar-refractivity contribution in [1.82, 2.24) is 0 Å². The molecule has 2 aromatic carbocycles. The molecule has 0 saturated heterocycles. The van der Waals surface area contributed by atoms with Crippen LogP contribution in [0.1, 0.15) is 0 Å². The lowest BCUT2D eigenvalue weighted by Crippen LogP contribution is -2.06. The first-order valence-electron chi connectivity index (χ1n) is 5.13. The maximum absolute atomic E-state index is 5.64. The zero-order chi connectivity index (χ0) is 12.1. The average molecular weight is 303 g/mol. The molecule has 0 aliphatic rings. The van der Waals surface area contributed by atoms with Crippen LogP contribution in [0.2, 0.25) is 0 Å². The van der Waals surface area contributed by atoms with E-state index < -0.39 is 0 Å². The van der Waals surface area contributed by atoms with Crippen molar-refractivity contribution in [2.75, 3.05) is 10.9 Å². The van der Waals surface area contributed by atoms with Crippen molar-refractivity contribution >= 4 is 36.2 Å². The van der Waals surface area contributed by atoms with Gasteiger partial charge in [-0.1, -0.05) is 0 Å². The van der Waals surface area contributed by atoms with Crippen LogP contribution in [-0.2, 0) is 0 Å². The van der Waals surface area contributed by atoms with Gasteiger partial charge in [0.05, 0.1) is 0 Å². The molecule has 104 valence electrons. The topological polar surface area (TPSA) is 85.3 Å². The second-order valence-corrected chi connectivity index (χ2v) is 3.44. The van der Waals surface area contributed by atoms with Gasteiger partial charge >= 0.3 is 0 Å². The number of hydrogen-bond acceptors (Lipinski definition) is 5. The Morgan fingerprint density at radius 3 is 1.21 bits per heavy atom. The lowest BCUT2D eigenvalue weighted by atomic mass is 10.3. The lowest BCUT2D eigenvalue weighted by molar-refractivity contribution is 0.483. The standard InChI is InChI=1S/C12H14N4O.2ClH/c13-15-9-1-5-11(6-2-9)17-12-7-3-10(16-14)4-8-12;;/h1-8,15-16H,13-14H2;2*1H. The van der Waals surface area contributed by atoms with Crippen LogP contribution < -0.4 is 27.3 Å². The minimum atomic E-state index is 0. The van der Waals surface area contributed by atoms with Gasteiger partial charge in [-0.05, 0) is 48.5 Å². The van der Waals surface area contributed by atoms with Gasteiger partial charge in [0.2, 0.25) is 0 Å². The summed E-state index contributed by atoms with van der Waals surface area (Å²) in [6, 6.07) is 14.7. The summed E-state index contributed by atoms with van der Waals surface area (Å²) < 4.78 is 5.64. The predicted molar refractivity (Wildman–Crippen MR) is 83.1 cm³/mol. The Morgan fingerprint density at radius 2 is 0.947 bits per heavy atom. The van der Waals surface area contributed by atoms with E-state index in [2.05, 4.69) is 10.9 Å². The minimum Gasteiger partial charge on any atom is -0.457 e. The summed E-state index contributed by atoms with van der Waals surface area (Å²) in [6.07, 6.45) is 0. The van der Waals surface area contributed by atoms with Gasteiger partial charge in [0.25, 0.3) is 0 Å². The van der Waals surface area contributed by atoms with Crippen molar-refractivity contribution in [2.24, 2.45) is 11.7 Å². The number of rotatable bonds is 4. The van der Waals surface area contributed by atoms with Gasteiger partial charge in [0.15, 0.2) is 0 Å². The number of nitrogens with one attached hydrogen (secondary N) is 2. The van der Waals surface area contributed by atoms with Crippen LogP contribution in [0.3, 0.4) is 0 Å². The molecule has 0 spiro atoms. The van der Waals surface area contributed by atoms with E-state index in [9.17, 15) is 0 Å². The largest absolute Gasteiger partial charge is 0.457 e. The van der Waals surface area contributed by atoms with Crippen molar-refractivity contribution in [1.29, 1.82) is 0 Å². The third-order valence-corrected chi connectivity index (χ3v) is 2.28. The van der Waals surface area contributed by atoms with Crippen molar-refractivity contribution in [3.05, 3.63) is 48.5 Å². The molecule has 6 N–H and O–H groups in total. The summed E-state index contributed by atoms with van der Waals surface area (Å²) in [5.74, 6) is 12.0. The fourth-order valence-corrected chi connectivity index (χ4v) is 1.37. The van der Waals surface area contributed by atoms with Crippen LogP contribution >= 0.6 is 24.8 Å². The smallest absolute Gasteiger partial charge is 0.127 e. The summed E-state index contributed by atoms with van der Waals surface area (Å²) in [7, 11) is 0. The summed E-state index contributed by atoms with van der Waals surface area (Å²) in [6.45, 7) is 0. The number of ether oxygens (including phenoxy) is 1. The molecule has 0 aliphatic heterocycles. The normalized spacial score (nSPS) is 8.74. The zero-order valence-corrected chi connectivity index (χ0v) is 11.6. The van der Waals surface area contributed by atoms with Crippen molar-refractivity contribution in [3.63, 3.8) is 0 Å². The highest BCUT2D eigenvalue weighted by Gasteiger charge is 1.97. The lowest BCUT2D eigenvalue weighted by Gasteiger charge is -2.07. The van der Waals surface area contributed by atoms with E-state index in [0.29, 0.717) is 0 Å². The molecule has 0 bridgehead atoms. The monoisotopic (exact) mass is 302 g/mol. The Bertz CT molecular complexity index is 431. The molecular weight excluding hydrogens is 287 g/mol. The Morgan fingerprint density at radius 1 is 0.632 bits per heavy atom. The maximum atomic E-state index is 5.64. The van der Waals surface area contributed by atoms with E-state index in [0.717, 1.165) is 22.9 Å². The van der Waals surface area contributed by atoms with E-state index in [1.807, 2.05) is 48.5 Å². The molecule has 2 rings (SSSR count). The van der Waals surface area contributed by atoms with E-state index in [4.69, 9.17) is 16.4 Å². The van der Waals surface area contributed by atoms with Gasteiger partial charge in [0, 0.05) is 11.4 Å². The van der Waals surface area contributed by atoms with Gasteiger partial charge in [0.1, 0.15) is 11.5 Å². The zero-order valence-electron chi connectivity index (χ0n) is 10.00. The first-order chi connectivity index (χ1) is 8.31. The van der Waals surface area contributed by atoms with Crippen molar-refractivity contribution in [3.8, 4) is 11.5 Å². The summed E-state index contributed by atoms with van der Waals surface area (Å²) in [5, 5.41) is 0. The predicted octanol–water partition coefficient (Wildman–Crippen LogP) is 2.89. The number of nitrogen functional groups attached to an aromatic ring is 2. The second kappa shape index (κ2) is 8.44.